The molecule has 0 radical (unpaired) electrons. The first-order chi connectivity index (χ1) is 13.6. The van der Waals surface area contributed by atoms with Crippen LogP contribution in [-0.2, 0) is 6.54 Å². The molecule has 1 aliphatic heterocycles. The number of thiophene rings is 1. The van der Waals surface area contributed by atoms with Crippen molar-refractivity contribution in [1.82, 2.24) is 9.80 Å². The third-order valence-electron chi connectivity index (χ3n) is 6.32. The Kier molecular flexibility index (Phi) is 6.12. The zero-order valence-corrected chi connectivity index (χ0v) is 17.6. The van der Waals surface area contributed by atoms with E-state index < -0.39 is 6.10 Å². The Balaban J connectivity index is 1.36. The minimum absolute atomic E-state index is 0.193. The second-order valence-corrected chi connectivity index (χ2v) is 8.94. The van der Waals surface area contributed by atoms with Crippen molar-refractivity contribution in [3.05, 3.63) is 71.1 Å². The van der Waals surface area contributed by atoms with Gasteiger partial charge in [-0.3, -0.25) is 9.80 Å². The summed E-state index contributed by atoms with van der Waals surface area (Å²) in [4.78, 5) is 5.08. The molecule has 1 N–H and O–H groups in total. The van der Waals surface area contributed by atoms with E-state index in [0.29, 0.717) is 6.04 Å². The highest BCUT2D eigenvalue weighted by Crippen LogP contribution is 2.35. The normalized spacial score (nSPS) is 19.5. The maximum absolute atomic E-state index is 11.1. The summed E-state index contributed by atoms with van der Waals surface area (Å²) < 4.78 is 1.26. The number of hydrogen-bond acceptors (Lipinski definition) is 4. The molecular weight excluding hydrogens is 364 g/mol. The van der Waals surface area contributed by atoms with E-state index in [1.807, 2.05) is 0 Å². The van der Waals surface area contributed by atoms with Crippen molar-refractivity contribution in [3.63, 3.8) is 0 Å². The summed E-state index contributed by atoms with van der Waals surface area (Å²) in [5.41, 5.74) is 2.47. The number of hydrogen-bond donors (Lipinski definition) is 1. The monoisotopic (exact) mass is 394 g/mol. The summed E-state index contributed by atoms with van der Waals surface area (Å²) in [5, 5.41) is 14.4. The Hall–Kier alpha value is -1.72. The largest absolute Gasteiger partial charge is 0.388 e. The number of piperazine rings is 1. The molecule has 0 amide bonds. The van der Waals surface area contributed by atoms with Gasteiger partial charge in [-0.1, -0.05) is 55.5 Å². The number of benzene rings is 2. The molecule has 3 atom stereocenters. The second-order valence-electron chi connectivity index (χ2n) is 8.03. The van der Waals surface area contributed by atoms with Crippen molar-refractivity contribution in [2.24, 2.45) is 5.92 Å². The topological polar surface area (TPSA) is 26.7 Å². The molecule has 0 spiro atoms. The molecule has 4 heteroatoms. The first kappa shape index (κ1) is 19.6. The average Bonchev–Trinajstić information content (AvgIpc) is 3.17. The molecule has 2 aromatic carbocycles. The van der Waals surface area contributed by atoms with Gasteiger partial charge in [0.15, 0.2) is 0 Å². The van der Waals surface area contributed by atoms with Gasteiger partial charge in [-0.05, 0) is 34.9 Å². The molecule has 0 aliphatic carbocycles. The smallest absolute Gasteiger partial charge is 0.0844 e. The van der Waals surface area contributed by atoms with Crippen LogP contribution in [0, 0.1) is 5.92 Å². The average molecular weight is 395 g/mol. The Bertz CT molecular complexity index is 886. The highest BCUT2D eigenvalue weighted by Gasteiger charge is 2.30. The Morgan fingerprint density at radius 2 is 1.61 bits per heavy atom. The van der Waals surface area contributed by atoms with Crippen molar-refractivity contribution in [3.8, 4) is 0 Å². The van der Waals surface area contributed by atoms with Gasteiger partial charge in [-0.15, -0.1) is 11.3 Å². The van der Waals surface area contributed by atoms with Crippen molar-refractivity contribution < 1.29 is 5.11 Å². The lowest BCUT2D eigenvalue weighted by atomic mass is 9.90. The first-order valence-corrected chi connectivity index (χ1v) is 11.2. The molecule has 148 valence electrons. The third-order valence-corrected chi connectivity index (χ3v) is 7.30. The van der Waals surface area contributed by atoms with E-state index >= 15 is 0 Å². The van der Waals surface area contributed by atoms with Gasteiger partial charge >= 0.3 is 0 Å². The lowest BCUT2D eigenvalue weighted by Crippen LogP contribution is -2.51. The summed E-state index contributed by atoms with van der Waals surface area (Å²) in [5.74, 6) is 0.193. The van der Waals surface area contributed by atoms with Crippen LogP contribution in [0.2, 0.25) is 0 Å². The van der Waals surface area contributed by atoms with Crippen LogP contribution in [0.3, 0.4) is 0 Å². The van der Waals surface area contributed by atoms with Gasteiger partial charge in [0, 0.05) is 49.4 Å². The van der Waals surface area contributed by atoms with E-state index in [1.54, 1.807) is 11.3 Å². The van der Waals surface area contributed by atoms with Crippen molar-refractivity contribution >= 4 is 21.4 Å². The highest BCUT2D eigenvalue weighted by molar-refractivity contribution is 7.17. The van der Waals surface area contributed by atoms with Gasteiger partial charge in [0.2, 0.25) is 0 Å². The number of aliphatic hydroxyl groups excluding tert-OH is 1. The molecule has 0 saturated carbocycles. The van der Waals surface area contributed by atoms with Crippen LogP contribution >= 0.6 is 11.3 Å². The summed E-state index contributed by atoms with van der Waals surface area (Å²) in [6, 6.07) is 19.5. The summed E-state index contributed by atoms with van der Waals surface area (Å²) in [6.07, 6.45) is -0.423. The van der Waals surface area contributed by atoms with Crippen molar-refractivity contribution in [2.45, 2.75) is 32.5 Å². The van der Waals surface area contributed by atoms with E-state index in [0.717, 1.165) is 38.3 Å². The van der Waals surface area contributed by atoms with Crippen LogP contribution in [0.1, 0.15) is 31.1 Å². The fourth-order valence-electron chi connectivity index (χ4n) is 4.28. The number of aliphatic hydroxyl groups is 1. The predicted octanol–water partition coefficient (Wildman–Crippen LogP) is 4.78. The zero-order valence-electron chi connectivity index (χ0n) is 16.8. The Morgan fingerprint density at radius 3 is 2.36 bits per heavy atom. The quantitative estimate of drug-likeness (QED) is 0.652. The minimum atomic E-state index is -0.423. The van der Waals surface area contributed by atoms with Gasteiger partial charge in [-0.25, -0.2) is 0 Å². The molecule has 1 fully saturated rings. The van der Waals surface area contributed by atoms with E-state index in [4.69, 9.17) is 0 Å². The molecule has 1 saturated heterocycles. The maximum Gasteiger partial charge on any atom is 0.0844 e. The number of rotatable bonds is 6. The standard InChI is InChI=1S/C24H30N2OS/c1-18(24(27)22-17-28-23-11-7-6-10-21(22)23)19(2)26-14-12-25(13-15-26)16-20-8-4-3-5-9-20/h3-11,17-19,24,27H,12-16H2,1-2H3. The van der Waals surface area contributed by atoms with Gasteiger partial charge < -0.3 is 5.11 Å². The first-order valence-electron chi connectivity index (χ1n) is 10.3. The molecule has 3 nitrogen and oxygen atoms in total. The van der Waals surface area contributed by atoms with Gasteiger partial charge in [0.1, 0.15) is 0 Å². The molecule has 4 rings (SSSR count). The summed E-state index contributed by atoms with van der Waals surface area (Å²) in [6.45, 7) is 9.80. The van der Waals surface area contributed by atoms with E-state index in [-0.39, 0.29) is 5.92 Å². The molecular formula is C24H30N2OS. The van der Waals surface area contributed by atoms with E-state index in [1.165, 1.54) is 15.6 Å². The van der Waals surface area contributed by atoms with Crippen LogP contribution in [0.4, 0.5) is 0 Å². The van der Waals surface area contributed by atoms with Crippen molar-refractivity contribution in [1.29, 1.82) is 0 Å². The SMILES string of the molecule is CC(C(O)c1csc2ccccc12)C(C)N1CCN(Cc2ccccc2)CC1. The fraction of sp³-hybridized carbons (Fsp3) is 0.417. The minimum Gasteiger partial charge on any atom is -0.388 e. The molecule has 1 aliphatic rings. The number of fused-ring (bicyclic) bond motifs is 1. The summed E-state index contributed by atoms with van der Waals surface area (Å²) in [7, 11) is 0. The lowest BCUT2D eigenvalue weighted by molar-refractivity contribution is 0.0260. The van der Waals surface area contributed by atoms with Gasteiger partial charge in [-0.2, -0.15) is 0 Å². The molecule has 0 bridgehead atoms. The van der Waals surface area contributed by atoms with Crippen LogP contribution in [0.25, 0.3) is 10.1 Å². The maximum atomic E-state index is 11.1. The molecule has 2 heterocycles. The van der Waals surface area contributed by atoms with E-state index in [9.17, 15) is 5.11 Å². The Labute approximate surface area is 172 Å². The Morgan fingerprint density at radius 1 is 0.929 bits per heavy atom. The van der Waals surface area contributed by atoms with Gasteiger partial charge in [0.05, 0.1) is 6.10 Å². The predicted molar refractivity (Wildman–Crippen MR) is 119 cm³/mol. The van der Waals surface area contributed by atoms with Crippen LogP contribution in [0.5, 0.6) is 0 Å². The van der Waals surface area contributed by atoms with Crippen molar-refractivity contribution in [2.75, 3.05) is 26.2 Å². The summed E-state index contributed by atoms with van der Waals surface area (Å²) >= 11 is 1.73. The fourth-order valence-corrected chi connectivity index (χ4v) is 5.27. The van der Waals surface area contributed by atoms with E-state index in [2.05, 4.69) is 83.6 Å². The van der Waals surface area contributed by atoms with Crippen LogP contribution in [0.15, 0.2) is 60.0 Å². The van der Waals surface area contributed by atoms with Gasteiger partial charge in [0.25, 0.3) is 0 Å². The lowest BCUT2D eigenvalue weighted by Gasteiger charge is -2.41. The molecule has 3 aromatic rings. The second kappa shape index (κ2) is 8.75. The molecule has 28 heavy (non-hydrogen) atoms. The van der Waals surface area contributed by atoms with Crippen LogP contribution in [-0.4, -0.2) is 47.1 Å². The molecule has 1 aromatic heterocycles. The van der Waals surface area contributed by atoms with Crippen LogP contribution < -0.4 is 0 Å². The number of nitrogens with zero attached hydrogens (tertiary/aromatic N) is 2. The third kappa shape index (κ3) is 4.15. The molecule has 3 unspecified atom stereocenters. The zero-order chi connectivity index (χ0) is 19.5. The highest BCUT2D eigenvalue weighted by atomic mass is 32.1.